The van der Waals surface area contributed by atoms with Gasteiger partial charge in [0.25, 0.3) is 0 Å². The average Bonchev–Trinajstić information content (AvgIpc) is 2.65. The molecule has 0 radical (unpaired) electrons. The maximum Gasteiger partial charge on any atom is 0.0678 e. The molecule has 1 unspecified atom stereocenters. The molecule has 1 atom stereocenters. The monoisotopic (exact) mass is 193 g/mol. The molecule has 1 aromatic carbocycles. The third kappa shape index (κ3) is 0.777. The van der Waals surface area contributed by atoms with Crippen LogP contribution in [-0.2, 0) is 11.8 Å². The van der Waals surface area contributed by atoms with Crippen LogP contribution in [0.15, 0.2) is 47.5 Å². The second-order valence-corrected chi connectivity index (χ2v) is 4.54. The molecule has 1 aliphatic heterocycles. The van der Waals surface area contributed by atoms with Crippen LogP contribution in [-0.4, -0.2) is 5.71 Å². The molecule has 0 fully saturated rings. The van der Waals surface area contributed by atoms with E-state index in [1.807, 2.05) is 0 Å². The van der Waals surface area contributed by atoms with Crippen molar-refractivity contribution >= 4 is 11.4 Å². The highest BCUT2D eigenvalue weighted by Crippen LogP contribution is 2.48. The maximum atomic E-state index is 4.73. The summed E-state index contributed by atoms with van der Waals surface area (Å²) in [6, 6.07) is 6.71. The average molecular weight is 193 g/mol. The Morgan fingerprint density at radius 2 is 2.20 bits per heavy atom. The van der Waals surface area contributed by atoms with Crippen molar-refractivity contribution in [3.05, 3.63) is 53.6 Å². The first kappa shape index (κ1) is 7.63. The molecule has 0 amide bonds. The molecular formula is C14H11N. The molecule has 0 saturated carbocycles. The largest absolute Gasteiger partial charge is 0.252 e. The molecule has 15 heavy (non-hydrogen) atoms. The number of hydrogen-bond donors (Lipinski definition) is 0. The van der Waals surface area contributed by atoms with E-state index >= 15 is 0 Å². The van der Waals surface area contributed by atoms with Crippen LogP contribution in [0.2, 0.25) is 0 Å². The van der Waals surface area contributed by atoms with Gasteiger partial charge >= 0.3 is 0 Å². The first-order valence-corrected chi connectivity index (χ1v) is 5.47. The van der Waals surface area contributed by atoms with Crippen molar-refractivity contribution in [1.29, 1.82) is 0 Å². The highest BCUT2D eigenvalue weighted by atomic mass is 14.8. The first-order valence-electron chi connectivity index (χ1n) is 5.47. The molecule has 1 nitrogen and oxygen atoms in total. The van der Waals surface area contributed by atoms with Crippen molar-refractivity contribution in [1.82, 2.24) is 0 Å². The predicted octanol–water partition coefficient (Wildman–Crippen LogP) is 3.08. The van der Waals surface area contributed by atoms with Crippen LogP contribution in [0.5, 0.6) is 0 Å². The third-order valence-electron chi connectivity index (χ3n) is 3.79. The summed E-state index contributed by atoms with van der Waals surface area (Å²) >= 11 is 0. The lowest BCUT2D eigenvalue weighted by Crippen LogP contribution is -2.33. The molecule has 4 rings (SSSR count). The van der Waals surface area contributed by atoms with Gasteiger partial charge in [-0.15, -0.1) is 0 Å². The van der Waals surface area contributed by atoms with Crippen molar-refractivity contribution in [2.45, 2.75) is 18.3 Å². The van der Waals surface area contributed by atoms with Gasteiger partial charge in [0, 0.05) is 0 Å². The summed E-state index contributed by atoms with van der Waals surface area (Å²) in [6.45, 7) is 0. The van der Waals surface area contributed by atoms with Crippen LogP contribution in [0.4, 0.5) is 5.69 Å². The number of aliphatic imine (C=N–C) groups is 1. The van der Waals surface area contributed by atoms with Gasteiger partial charge in [-0.05, 0) is 36.1 Å². The van der Waals surface area contributed by atoms with Gasteiger partial charge < -0.3 is 0 Å². The number of allylic oxidation sites excluding steroid dienone is 4. The number of aryl methyl sites for hydroxylation is 1. The summed E-state index contributed by atoms with van der Waals surface area (Å²) in [7, 11) is 0. The molecule has 1 heterocycles. The minimum atomic E-state index is 0.123. The van der Waals surface area contributed by atoms with Crippen molar-refractivity contribution in [3.63, 3.8) is 0 Å². The second-order valence-electron chi connectivity index (χ2n) is 4.54. The SMILES string of the molecule is C1=CC2=Nc3ccc4cc3C2(C=C1)CC4. The van der Waals surface area contributed by atoms with Gasteiger partial charge in [-0.2, -0.15) is 0 Å². The number of benzene rings is 1. The van der Waals surface area contributed by atoms with E-state index in [0.717, 1.165) is 0 Å². The van der Waals surface area contributed by atoms with Crippen molar-refractivity contribution in [2.75, 3.05) is 0 Å². The fraction of sp³-hybridized carbons (Fsp3) is 0.214. The Balaban J connectivity index is 2.11. The predicted molar refractivity (Wildman–Crippen MR) is 61.8 cm³/mol. The zero-order valence-electron chi connectivity index (χ0n) is 8.40. The fourth-order valence-electron chi connectivity index (χ4n) is 2.98. The molecule has 1 spiro atoms. The van der Waals surface area contributed by atoms with E-state index in [0.29, 0.717) is 0 Å². The normalized spacial score (nSPS) is 28.9. The lowest BCUT2D eigenvalue weighted by molar-refractivity contribution is 0.627. The van der Waals surface area contributed by atoms with Crippen molar-refractivity contribution < 1.29 is 0 Å². The van der Waals surface area contributed by atoms with Gasteiger partial charge in [0.05, 0.1) is 16.8 Å². The number of hydrogen-bond acceptors (Lipinski definition) is 1. The number of rotatable bonds is 0. The summed E-state index contributed by atoms with van der Waals surface area (Å²) in [6.07, 6.45) is 11.1. The van der Waals surface area contributed by atoms with Gasteiger partial charge in [0.2, 0.25) is 0 Å². The minimum absolute atomic E-state index is 0.123. The van der Waals surface area contributed by atoms with E-state index in [2.05, 4.69) is 42.5 Å². The van der Waals surface area contributed by atoms with E-state index < -0.39 is 0 Å². The van der Waals surface area contributed by atoms with Crippen LogP contribution >= 0.6 is 0 Å². The fourth-order valence-corrected chi connectivity index (χ4v) is 2.98. The van der Waals surface area contributed by atoms with E-state index in [1.165, 1.54) is 35.4 Å². The van der Waals surface area contributed by atoms with Gasteiger partial charge in [-0.1, -0.05) is 30.4 Å². The molecule has 1 heteroatoms. The van der Waals surface area contributed by atoms with E-state index in [9.17, 15) is 0 Å². The third-order valence-corrected chi connectivity index (χ3v) is 3.79. The number of fused-ring (bicyclic) bond motifs is 1. The molecule has 3 aliphatic rings. The Morgan fingerprint density at radius 3 is 3.20 bits per heavy atom. The van der Waals surface area contributed by atoms with Gasteiger partial charge in [0.15, 0.2) is 0 Å². The molecular weight excluding hydrogens is 182 g/mol. The lowest BCUT2D eigenvalue weighted by Gasteiger charge is -2.32. The Kier molecular flexibility index (Phi) is 1.17. The van der Waals surface area contributed by atoms with Crippen LogP contribution in [0.3, 0.4) is 0 Å². The Bertz CT molecular complexity index is 548. The highest BCUT2D eigenvalue weighted by molar-refractivity contribution is 6.11. The Labute approximate surface area is 88.8 Å². The van der Waals surface area contributed by atoms with Crippen LogP contribution in [0.1, 0.15) is 17.5 Å². The summed E-state index contributed by atoms with van der Waals surface area (Å²) in [5, 5.41) is 0. The van der Waals surface area contributed by atoms with Crippen LogP contribution in [0.25, 0.3) is 0 Å². The van der Waals surface area contributed by atoms with Gasteiger partial charge in [-0.3, -0.25) is 4.99 Å². The molecule has 0 aromatic heterocycles. The first-order chi connectivity index (χ1) is 7.38. The quantitative estimate of drug-likeness (QED) is 0.600. The summed E-state index contributed by atoms with van der Waals surface area (Å²) < 4.78 is 0. The summed E-state index contributed by atoms with van der Waals surface area (Å²) in [5.41, 5.74) is 5.40. The standard InChI is InChI=1S/C14H11N/c1-2-7-14-8-6-10-4-5-12(11(14)9-10)15-13(14)3-1/h1-5,7,9H,6,8H2. The van der Waals surface area contributed by atoms with Gasteiger partial charge in [-0.25, -0.2) is 0 Å². The molecule has 0 saturated heterocycles. The van der Waals surface area contributed by atoms with Crippen molar-refractivity contribution in [3.8, 4) is 0 Å². The van der Waals surface area contributed by atoms with Crippen LogP contribution in [0, 0.1) is 0 Å². The van der Waals surface area contributed by atoms with Crippen molar-refractivity contribution in [2.24, 2.45) is 4.99 Å². The van der Waals surface area contributed by atoms with Crippen LogP contribution < -0.4 is 0 Å². The molecule has 2 bridgehead atoms. The Morgan fingerprint density at radius 1 is 1.20 bits per heavy atom. The van der Waals surface area contributed by atoms with Gasteiger partial charge in [0.1, 0.15) is 0 Å². The lowest BCUT2D eigenvalue weighted by atomic mass is 9.68. The van der Waals surface area contributed by atoms with E-state index in [1.54, 1.807) is 0 Å². The van der Waals surface area contributed by atoms with E-state index in [4.69, 9.17) is 4.99 Å². The molecule has 2 aliphatic carbocycles. The maximum absolute atomic E-state index is 4.73. The summed E-state index contributed by atoms with van der Waals surface area (Å²) in [4.78, 5) is 4.73. The topological polar surface area (TPSA) is 12.4 Å². The summed E-state index contributed by atoms with van der Waals surface area (Å²) in [5.74, 6) is 0. The molecule has 1 aromatic rings. The zero-order chi connectivity index (χ0) is 9.88. The second kappa shape index (κ2) is 2.30. The zero-order valence-corrected chi connectivity index (χ0v) is 8.40. The Hall–Kier alpha value is -1.63. The molecule has 0 N–H and O–H groups in total. The number of nitrogens with zero attached hydrogens (tertiary/aromatic N) is 1. The highest BCUT2D eigenvalue weighted by Gasteiger charge is 2.42. The molecule has 72 valence electrons. The minimum Gasteiger partial charge on any atom is -0.252 e. The smallest absolute Gasteiger partial charge is 0.0678 e. The van der Waals surface area contributed by atoms with E-state index in [-0.39, 0.29) is 5.41 Å².